The van der Waals surface area contributed by atoms with Crippen LogP contribution in [0.5, 0.6) is 0 Å². The highest BCUT2D eigenvalue weighted by atomic mass is 79.9. The Balaban J connectivity index is 0.000000236. The third-order valence-electron chi connectivity index (χ3n) is 6.06. The summed E-state index contributed by atoms with van der Waals surface area (Å²) >= 11 is 18.3. The summed E-state index contributed by atoms with van der Waals surface area (Å²) < 4.78 is 15.5. The van der Waals surface area contributed by atoms with Crippen LogP contribution < -0.4 is 0 Å². The van der Waals surface area contributed by atoms with Crippen molar-refractivity contribution in [2.45, 2.75) is 64.8 Å². The molecule has 0 aliphatic rings. The number of carboxylic acids is 1. The lowest BCUT2D eigenvalue weighted by molar-refractivity contribution is 0.0695. The Morgan fingerprint density at radius 2 is 1.28 bits per heavy atom. The van der Waals surface area contributed by atoms with Gasteiger partial charge in [-0.2, -0.15) is 0 Å². The first kappa shape index (κ1) is 35.7. The predicted octanol–water partition coefficient (Wildman–Crippen LogP) is 7.83. The summed E-state index contributed by atoms with van der Waals surface area (Å²) in [6.45, 7) is 15.6. The maximum Gasteiger partial charge on any atom is 0.339 e. The van der Waals surface area contributed by atoms with Crippen molar-refractivity contribution in [2.24, 2.45) is 0 Å². The molecule has 4 aromatic rings. The molecule has 0 unspecified atom stereocenters. The monoisotopic (exact) mass is 794 g/mol. The standard InChI is InChI=1S/C13H17BrClN3O3Si.C13H17BrClN3O2Si/c1-22(2,3)5-4-21-7-18-6-8(13(19)20)9-12(18)17-11(15)10(14)16-9;1-21(2,3)5-4-20-8-18-6-9(7-19)10-13(18)17-12(15)11(14)16-10/h6H,4-5,7H2,1-3H3,(H,19,20);6-7H,4-5,8H2,1-3H3. The van der Waals surface area contributed by atoms with Crippen molar-refractivity contribution in [2.75, 3.05) is 13.2 Å². The van der Waals surface area contributed by atoms with E-state index in [4.69, 9.17) is 32.7 Å². The Labute approximate surface area is 278 Å². The molecular formula is C26H34Br2Cl2N6O5Si2. The van der Waals surface area contributed by atoms with Crippen molar-refractivity contribution >= 4 is 106 Å². The second-order valence-corrected chi connectivity index (χ2v) is 25.6. The molecule has 0 aliphatic heterocycles. The molecule has 0 saturated carbocycles. The first-order chi connectivity index (χ1) is 20.0. The van der Waals surface area contributed by atoms with Gasteiger partial charge < -0.3 is 23.7 Å². The van der Waals surface area contributed by atoms with Crippen LogP contribution in [0.1, 0.15) is 20.7 Å². The van der Waals surface area contributed by atoms with Gasteiger partial charge in [0, 0.05) is 41.8 Å². The van der Waals surface area contributed by atoms with Crippen molar-refractivity contribution in [3.05, 3.63) is 43.0 Å². The Bertz CT molecular complexity index is 1620. The van der Waals surface area contributed by atoms with Gasteiger partial charge in [0.05, 0.1) is 5.56 Å². The Hall–Kier alpha value is -1.73. The minimum absolute atomic E-state index is 0.0775. The van der Waals surface area contributed by atoms with E-state index >= 15 is 0 Å². The number of aromatic carboxylic acids is 1. The minimum atomic E-state index is -1.16. The molecule has 0 aromatic carbocycles. The number of carbonyl (C=O) groups is 2. The van der Waals surface area contributed by atoms with Gasteiger partial charge in [0.25, 0.3) is 0 Å². The summed E-state index contributed by atoms with van der Waals surface area (Å²) in [5.74, 6) is -1.06. The summed E-state index contributed by atoms with van der Waals surface area (Å²) in [6, 6.07) is 2.13. The molecule has 4 heterocycles. The Morgan fingerprint density at radius 3 is 1.72 bits per heavy atom. The molecule has 234 valence electrons. The molecule has 17 heteroatoms. The minimum Gasteiger partial charge on any atom is -0.478 e. The highest BCUT2D eigenvalue weighted by Crippen LogP contribution is 2.26. The smallest absolute Gasteiger partial charge is 0.339 e. The first-order valence-corrected chi connectivity index (χ1v) is 23.0. The summed E-state index contributed by atoms with van der Waals surface area (Å²) in [6.07, 6.45) is 3.93. The molecular weight excluding hydrogens is 763 g/mol. The average molecular weight is 797 g/mol. The van der Waals surface area contributed by atoms with E-state index in [-0.39, 0.29) is 28.1 Å². The highest BCUT2D eigenvalue weighted by Gasteiger charge is 2.20. The lowest BCUT2D eigenvalue weighted by Gasteiger charge is -2.15. The zero-order valence-corrected chi connectivity index (χ0v) is 31.4. The van der Waals surface area contributed by atoms with Gasteiger partial charge in [-0.1, -0.05) is 62.5 Å². The van der Waals surface area contributed by atoms with E-state index in [1.807, 2.05) is 0 Å². The Morgan fingerprint density at radius 1 is 0.837 bits per heavy atom. The lowest BCUT2D eigenvalue weighted by atomic mass is 10.3. The second kappa shape index (κ2) is 15.0. The number of rotatable bonds is 12. The molecule has 11 nitrogen and oxygen atoms in total. The number of nitrogens with zero attached hydrogens (tertiary/aromatic N) is 6. The van der Waals surface area contributed by atoms with Crippen molar-refractivity contribution < 1.29 is 24.2 Å². The first-order valence-electron chi connectivity index (χ1n) is 13.3. The number of ether oxygens (including phenoxy) is 2. The van der Waals surface area contributed by atoms with E-state index in [0.717, 1.165) is 18.4 Å². The zero-order valence-electron chi connectivity index (χ0n) is 24.8. The molecule has 4 rings (SSSR count). The molecule has 0 bridgehead atoms. The van der Waals surface area contributed by atoms with Crippen LogP contribution >= 0.6 is 55.1 Å². The number of carboxylic acid groups (broad SMARTS) is 1. The van der Waals surface area contributed by atoms with Crippen LogP contribution in [0.4, 0.5) is 0 Å². The number of aldehydes is 1. The van der Waals surface area contributed by atoms with Crippen LogP contribution in [0.15, 0.2) is 21.6 Å². The largest absolute Gasteiger partial charge is 0.478 e. The maximum atomic E-state index is 11.3. The Kier molecular flexibility index (Phi) is 12.5. The van der Waals surface area contributed by atoms with Gasteiger partial charge in [0.15, 0.2) is 27.9 Å². The number of carbonyl (C=O) groups excluding carboxylic acids is 1. The molecule has 0 amide bonds. The highest BCUT2D eigenvalue weighted by molar-refractivity contribution is 9.10. The topological polar surface area (TPSA) is 134 Å². The summed E-state index contributed by atoms with van der Waals surface area (Å²) in [5, 5.41) is 9.72. The van der Waals surface area contributed by atoms with Gasteiger partial charge in [-0.15, -0.1) is 0 Å². The van der Waals surface area contributed by atoms with E-state index in [1.165, 1.54) is 6.20 Å². The van der Waals surface area contributed by atoms with Crippen LogP contribution in [-0.2, 0) is 22.9 Å². The molecule has 0 saturated heterocycles. The molecule has 0 radical (unpaired) electrons. The molecule has 4 aromatic heterocycles. The average Bonchev–Trinajstić information content (AvgIpc) is 3.42. The van der Waals surface area contributed by atoms with Gasteiger partial charge in [-0.25, -0.2) is 24.7 Å². The number of hydrogen-bond acceptors (Lipinski definition) is 8. The number of aromatic nitrogens is 6. The van der Waals surface area contributed by atoms with Gasteiger partial charge >= 0.3 is 5.97 Å². The third kappa shape index (κ3) is 10.1. The predicted molar refractivity (Wildman–Crippen MR) is 181 cm³/mol. The van der Waals surface area contributed by atoms with Gasteiger partial charge in [-0.3, -0.25) is 4.79 Å². The van der Waals surface area contributed by atoms with Crippen LogP contribution in [0.25, 0.3) is 22.3 Å². The maximum absolute atomic E-state index is 11.3. The molecule has 0 spiro atoms. The summed E-state index contributed by atoms with van der Waals surface area (Å²) in [7, 11) is -2.27. The quantitative estimate of drug-likeness (QED) is 0.0865. The molecule has 43 heavy (non-hydrogen) atoms. The van der Waals surface area contributed by atoms with Crippen LogP contribution in [0.2, 0.25) is 61.7 Å². The number of fused-ring (bicyclic) bond motifs is 2. The van der Waals surface area contributed by atoms with Crippen molar-refractivity contribution in [3.63, 3.8) is 0 Å². The van der Waals surface area contributed by atoms with Crippen molar-refractivity contribution in [3.8, 4) is 0 Å². The van der Waals surface area contributed by atoms with Crippen LogP contribution in [0, 0.1) is 0 Å². The molecule has 1 N–H and O–H groups in total. The third-order valence-corrected chi connectivity index (χ3v) is 11.6. The second-order valence-electron chi connectivity index (χ2n) is 12.1. The summed E-state index contributed by atoms with van der Waals surface area (Å²) in [5.41, 5.74) is 2.32. The van der Waals surface area contributed by atoms with E-state index in [1.54, 1.807) is 15.3 Å². The lowest BCUT2D eigenvalue weighted by Crippen LogP contribution is -2.22. The number of halogens is 4. The van der Waals surface area contributed by atoms with Crippen LogP contribution in [-0.4, -0.2) is 75.8 Å². The molecule has 0 aliphatic carbocycles. The van der Waals surface area contributed by atoms with Gasteiger partial charge in [0.2, 0.25) is 0 Å². The molecule has 0 fully saturated rings. The number of hydrogen-bond donors (Lipinski definition) is 1. The van der Waals surface area contributed by atoms with E-state index in [2.05, 4.69) is 91.1 Å². The van der Waals surface area contributed by atoms with Crippen molar-refractivity contribution in [1.29, 1.82) is 0 Å². The van der Waals surface area contributed by atoms with E-state index < -0.39 is 22.1 Å². The van der Waals surface area contributed by atoms with E-state index in [0.29, 0.717) is 51.5 Å². The van der Waals surface area contributed by atoms with Gasteiger partial charge in [-0.05, 0) is 43.9 Å². The zero-order chi connectivity index (χ0) is 32.1. The fourth-order valence-electron chi connectivity index (χ4n) is 3.64. The van der Waals surface area contributed by atoms with Crippen LogP contribution in [0.3, 0.4) is 0 Å². The fourth-order valence-corrected chi connectivity index (χ4v) is 5.93. The van der Waals surface area contributed by atoms with E-state index in [9.17, 15) is 14.7 Å². The van der Waals surface area contributed by atoms with Crippen molar-refractivity contribution in [1.82, 2.24) is 29.1 Å². The van der Waals surface area contributed by atoms with Gasteiger partial charge in [0.1, 0.15) is 39.3 Å². The normalized spacial score (nSPS) is 12.0. The summed E-state index contributed by atoms with van der Waals surface area (Å²) in [4.78, 5) is 39.3. The molecule has 0 atom stereocenters. The SMILES string of the molecule is C[Si](C)(C)CCOCn1cc(C(=O)O)c2nc(Br)c(Cl)nc21.C[Si](C)(C)CCOCn1cc(C=O)c2nc(Br)c(Cl)nc21. The fraction of sp³-hybridized carbons (Fsp3) is 0.462.